The summed E-state index contributed by atoms with van der Waals surface area (Å²) in [6.07, 6.45) is 5.05. The van der Waals surface area contributed by atoms with Crippen molar-refractivity contribution in [2.45, 2.75) is 43.0 Å². The minimum atomic E-state index is -3.52. The van der Waals surface area contributed by atoms with Gasteiger partial charge in [0.2, 0.25) is 10.0 Å². The van der Waals surface area contributed by atoms with Gasteiger partial charge in [-0.1, -0.05) is 19.3 Å². The molecule has 122 valence electrons. The van der Waals surface area contributed by atoms with Crippen LogP contribution in [0.3, 0.4) is 0 Å². The predicted octanol–water partition coefficient (Wildman–Crippen LogP) is 0.666. The minimum Gasteiger partial charge on any atom is -0.484 e. The minimum absolute atomic E-state index is 0.0166. The molecule has 1 aliphatic rings. The SMILES string of the molecule is NNC(=O)COc1ccc(S(=O)(=O)NC2CCCCC2)cc1. The number of hydrogen-bond acceptors (Lipinski definition) is 5. The fraction of sp³-hybridized carbons (Fsp3) is 0.500. The maximum Gasteiger partial charge on any atom is 0.271 e. The molecular formula is C14H21N3O4S. The number of nitrogens with one attached hydrogen (secondary N) is 2. The molecule has 1 aromatic rings. The number of hydrazine groups is 1. The van der Waals surface area contributed by atoms with Gasteiger partial charge in [0.05, 0.1) is 4.90 Å². The molecule has 0 radical (unpaired) electrons. The van der Waals surface area contributed by atoms with E-state index in [1.807, 2.05) is 5.43 Å². The Bertz CT molecular complexity index is 595. The van der Waals surface area contributed by atoms with Gasteiger partial charge in [-0.3, -0.25) is 10.2 Å². The highest BCUT2D eigenvalue weighted by Gasteiger charge is 2.21. The summed E-state index contributed by atoms with van der Waals surface area (Å²) in [5, 5.41) is 0. The molecule has 0 saturated heterocycles. The summed E-state index contributed by atoms with van der Waals surface area (Å²) >= 11 is 0. The molecule has 0 bridgehead atoms. The standard InChI is InChI=1S/C14H21N3O4S/c15-16-14(18)10-21-12-6-8-13(9-7-12)22(19,20)17-11-4-2-1-3-5-11/h6-9,11,17H,1-5,10,15H2,(H,16,18). The number of hydrogen-bond donors (Lipinski definition) is 3. The summed E-state index contributed by atoms with van der Waals surface area (Å²) in [7, 11) is -3.52. The fourth-order valence-electron chi connectivity index (χ4n) is 2.41. The molecule has 0 unspecified atom stereocenters. The van der Waals surface area contributed by atoms with Crippen molar-refractivity contribution in [2.24, 2.45) is 5.84 Å². The normalized spacial score (nSPS) is 16.2. The van der Waals surface area contributed by atoms with Gasteiger partial charge in [-0.25, -0.2) is 19.0 Å². The molecule has 0 atom stereocenters. The average Bonchev–Trinajstić information content (AvgIpc) is 2.53. The number of rotatable bonds is 6. The number of sulfonamides is 1. The van der Waals surface area contributed by atoms with E-state index in [9.17, 15) is 13.2 Å². The zero-order chi connectivity index (χ0) is 16.0. The topological polar surface area (TPSA) is 111 Å². The van der Waals surface area contributed by atoms with Gasteiger partial charge < -0.3 is 4.74 Å². The van der Waals surface area contributed by atoms with E-state index >= 15 is 0 Å². The van der Waals surface area contributed by atoms with Crippen LogP contribution in [0.4, 0.5) is 0 Å². The van der Waals surface area contributed by atoms with Crippen LogP contribution in [-0.4, -0.2) is 27.0 Å². The molecule has 1 aliphatic carbocycles. The molecule has 1 amide bonds. The van der Waals surface area contributed by atoms with E-state index in [1.165, 1.54) is 30.7 Å². The van der Waals surface area contributed by atoms with Crippen LogP contribution in [0.25, 0.3) is 0 Å². The second kappa shape index (κ2) is 7.57. The Kier molecular flexibility index (Phi) is 5.76. The molecule has 4 N–H and O–H groups in total. The first-order chi connectivity index (χ1) is 10.5. The van der Waals surface area contributed by atoms with E-state index in [0.29, 0.717) is 5.75 Å². The lowest BCUT2D eigenvalue weighted by atomic mass is 9.96. The van der Waals surface area contributed by atoms with Crippen molar-refractivity contribution < 1.29 is 17.9 Å². The number of carbonyl (C=O) groups is 1. The van der Waals surface area contributed by atoms with Crippen LogP contribution >= 0.6 is 0 Å². The lowest BCUT2D eigenvalue weighted by Gasteiger charge is -2.22. The van der Waals surface area contributed by atoms with Crippen LogP contribution in [0.15, 0.2) is 29.2 Å². The molecule has 2 rings (SSSR count). The highest BCUT2D eigenvalue weighted by molar-refractivity contribution is 7.89. The third-order valence-electron chi connectivity index (χ3n) is 3.59. The van der Waals surface area contributed by atoms with Crippen LogP contribution in [0.5, 0.6) is 5.75 Å². The fourth-order valence-corrected chi connectivity index (χ4v) is 3.72. The zero-order valence-corrected chi connectivity index (χ0v) is 13.1. The van der Waals surface area contributed by atoms with E-state index in [4.69, 9.17) is 10.6 Å². The molecular weight excluding hydrogens is 306 g/mol. The number of benzene rings is 1. The lowest BCUT2D eigenvalue weighted by molar-refractivity contribution is -0.123. The second-order valence-corrected chi connectivity index (χ2v) is 7.00. The Labute approximate surface area is 130 Å². The van der Waals surface area contributed by atoms with Crippen molar-refractivity contribution in [3.05, 3.63) is 24.3 Å². The highest BCUT2D eigenvalue weighted by Crippen LogP contribution is 2.21. The summed E-state index contributed by atoms with van der Waals surface area (Å²) in [6, 6.07) is 5.96. The zero-order valence-electron chi connectivity index (χ0n) is 12.2. The molecule has 8 heteroatoms. The van der Waals surface area contributed by atoms with Crippen molar-refractivity contribution in [3.8, 4) is 5.75 Å². The summed E-state index contributed by atoms with van der Waals surface area (Å²) in [6.45, 7) is -0.219. The van der Waals surface area contributed by atoms with E-state index < -0.39 is 15.9 Å². The van der Waals surface area contributed by atoms with Gasteiger partial charge in [0.15, 0.2) is 6.61 Å². The van der Waals surface area contributed by atoms with Crippen molar-refractivity contribution >= 4 is 15.9 Å². The summed E-state index contributed by atoms with van der Waals surface area (Å²) < 4.78 is 32.5. The monoisotopic (exact) mass is 327 g/mol. The second-order valence-electron chi connectivity index (χ2n) is 5.28. The Hall–Kier alpha value is -1.64. The summed E-state index contributed by atoms with van der Waals surface area (Å²) in [4.78, 5) is 11.2. The number of carbonyl (C=O) groups excluding carboxylic acids is 1. The van der Waals surface area contributed by atoms with Gasteiger partial charge in [0.1, 0.15) is 5.75 Å². The van der Waals surface area contributed by atoms with E-state index in [0.717, 1.165) is 25.7 Å². The molecule has 22 heavy (non-hydrogen) atoms. The third kappa shape index (κ3) is 4.69. The summed E-state index contributed by atoms with van der Waals surface area (Å²) in [5.41, 5.74) is 1.95. The molecule has 1 aromatic carbocycles. The van der Waals surface area contributed by atoms with Gasteiger partial charge in [0, 0.05) is 6.04 Å². The van der Waals surface area contributed by atoms with E-state index in [1.54, 1.807) is 0 Å². The van der Waals surface area contributed by atoms with Gasteiger partial charge in [-0.15, -0.1) is 0 Å². The first-order valence-electron chi connectivity index (χ1n) is 7.26. The molecule has 0 aromatic heterocycles. The smallest absolute Gasteiger partial charge is 0.271 e. The molecule has 1 saturated carbocycles. The van der Waals surface area contributed by atoms with Crippen LogP contribution in [0, 0.1) is 0 Å². The van der Waals surface area contributed by atoms with Gasteiger partial charge in [-0.05, 0) is 37.1 Å². The molecule has 0 spiro atoms. The maximum atomic E-state index is 12.3. The highest BCUT2D eigenvalue weighted by atomic mass is 32.2. The average molecular weight is 327 g/mol. The van der Waals surface area contributed by atoms with E-state index in [2.05, 4.69) is 4.72 Å². The first-order valence-corrected chi connectivity index (χ1v) is 8.74. The Morgan fingerprint density at radius 3 is 2.41 bits per heavy atom. The lowest BCUT2D eigenvalue weighted by Crippen LogP contribution is -2.36. The van der Waals surface area contributed by atoms with Crippen LogP contribution in [-0.2, 0) is 14.8 Å². The molecule has 7 nitrogen and oxygen atoms in total. The molecule has 0 heterocycles. The van der Waals surface area contributed by atoms with E-state index in [-0.39, 0.29) is 17.5 Å². The Morgan fingerprint density at radius 2 is 1.82 bits per heavy atom. The van der Waals surface area contributed by atoms with Crippen molar-refractivity contribution in [3.63, 3.8) is 0 Å². The first kappa shape index (κ1) is 16.7. The Balaban J connectivity index is 1.97. The van der Waals surface area contributed by atoms with Crippen LogP contribution in [0.1, 0.15) is 32.1 Å². The van der Waals surface area contributed by atoms with Gasteiger partial charge >= 0.3 is 0 Å². The maximum absolute atomic E-state index is 12.3. The third-order valence-corrected chi connectivity index (χ3v) is 5.13. The number of nitrogens with two attached hydrogens (primary N) is 1. The van der Waals surface area contributed by atoms with Crippen LogP contribution in [0.2, 0.25) is 0 Å². The quantitative estimate of drug-likeness (QED) is 0.404. The molecule has 0 aliphatic heterocycles. The number of ether oxygens (including phenoxy) is 1. The number of amides is 1. The molecule has 1 fully saturated rings. The van der Waals surface area contributed by atoms with Crippen molar-refractivity contribution in [1.29, 1.82) is 0 Å². The summed E-state index contributed by atoms with van der Waals surface area (Å²) in [5.74, 6) is 4.88. The van der Waals surface area contributed by atoms with Crippen LogP contribution < -0.4 is 20.7 Å². The predicted molar refractivity (Wildman–Crippen MR) is 81.5 cm³/mol. The largest absolute Gasteiger partial charge is 0.484 e. The van der Waals surface area contributed by atoms with Gasteiger partial charge in [0.25, 0.3) is 5.91 Å². The van der Waals surface area contributed by atoms with Crippen molar-refractivity contribution in [1.82, 2.24) is 10.1 Å². The Morgan fingerprint density at radius 1 is 1.18 bits per heavy atom. The van der Waals surface area contributed by atoms with Crippen molar-refractivity contribution in [2.75, 3.05) is 6.61 Å². The van der Waals surface area contributed by atoms with Gasteiger partial charge in [-0.2, -0.15) is 0 Å².